The minimum atomic E-state index is -0.788. The SMILES string of the molecule is CCCCCCCC/C=C\C/C=C\CCC(=O)OCC(COC(=O)CCCCCCCCCCCCCCCCCCC)OC(=O)CCCCCCCCCCCCCCCCCCC. The van der Waals surface area contributed by atoms with Gasteiger partial charge in [-0.2, -0.15) is 0 Å². The van der Waals surface area contributed by atoms with E-state index in [1.807, 2.05) is 6.08 Å². The average molecular weight is 916 g/mol. The lowest BCUT2D eigenvalue weighted by atomic mass is 10.0. The topological polar surface area (TPSA) is 78.9 Å². The quantitative estimate of drug-likeness (QED) is 0.0262. The van der Waals surface area contributed by atoms with Crippen LogP contribution in [0.3, 0.4) is 0 Å². The van der Waals surface area contributed by atoms with E-state index in [0.29, 0.717) is 19.3 Å². The molecule has 1 unspecified atom stereocenters. The molecule has 0 aliphatic carbocycles. The summed E-state index contributed by atoms with van der Waals surface area (Å²) in [6.07, 6.45) is 63.3. The van der Waals surface area contributed by atoms with Crippen molar-refractivity contribution >= 4 is 17.9 Å². The van der Waals surface area contributed by atoms with Gasteiger partial charge in [-0.1, -0.05) is 283 Å². The van der Waals surface area contributed by atoms with Crippen LogP contribution in [-0.4, -0.2) is 37.2 Å². The van der Waals surface area contributed by atoms with Crippen LogP contribution in [0.5, 0.6) is 0 Å². The van der Waals surface area contributed by atoms with Gasteiger partial charge in [-0.3, -0.25) is 14.4 Å². The van der Waals surface area contributed by atoms with E-state index in [1.165, 1.54) is 218 Å². The van der Waals surface area contributed by atoms with E-state index in [0.717, 1.165) is 51.4 Å². The number of carbonyl (C=O) groups is 3. The van der Waals surface area contributed by atoms with E-state index >= 15 is 0 Å². The van der Waals surface area contributed by atoms with Crippen molar-refractivity contribution in [3.8, 4) is 0 Å². The summed E-state index contributed by atoms with van der Waals surface area (Å²) in [5, 5.41) is 0. The zero-order chi connectivity index (χ0) is 47.2. The van der Waals surface area contributed by atoms with Gasteiger partial charge in [0.05, 0.1) is 0 Å². The van der Waals surface area contributed by atoms with Crippen molar-refractivity contribution in [2.45, 2.75) is 322 Å². The molecule has 0 saturated heterocycles. The molecule has 0 heterocycles. The van der Waals surface area contributed by atoms with Gasteiger partial charge in [-0.15, -0.1) is 0 Å². The maximum Gasteiger partial charge on any atom is 0.306 e. The third kappa shape index (κ3) is 52.7. The zero-order valence-corrected chi connectivity index (χ0v) is 43.8. The van der Waals surface area contributed by atoms with Gasteiger partial charge in [-0.05, 0) is 38.5 Å². The van der Waals surface area contributed by atoms with E-state index in [-0.39, 0.29) is 37.5 Å². The maximum atomic E-state index is 12.8. The van der Waals surface area contributed by atoms with Gasteiger partial charge in [0.15, 0.2) is 6.10 Å². The van der Waals surface area contributed by atoms with Crippen LogP contribution in [0.25, 0.3) is 0 Å². The van der Waals surface area contributed by atoms with E-state index in [2.05, 4.69) is 39.0 Å². The summed E-state index contributed by atoms with van der Waals surface area (Å²) in [6, 6.07) is 0. The number of esters is 3. The van der Waals surface area contributed by atoms with Gasteiger partial charge < -0.3 is 14.2 Å². The first kappa shape index (κ1) is 62.9. The molecule has 0 rings (SSSR count). The first-order valence-corrected chi connectivity index (χ1v) is 28.8. The summed E-state index contributed by atoms with van der Waals surface area (Å²) in [5.41, 5.74) is 0. The Morgan fingerprint density at radius 1 is 0.308 bits per heavy atom. The predicted molar refractivity (Wildman–Crippen MR) is 279 cm³/mol. The number of hydrogen-bond acceptors (Lipinski definition) is 6. The largest absolute Gasteiger partial charge is 0.462 e. The highest BCUT2D eigenvalue weighted by atomic mass is 16.6. The molecular formula is C59H110O6. The first-order chi connectivity index (χ1) is 32.0. The first-order valence-electron chi connectivity index (χ1n) is 28.8. The highest BCUT2D eigenvalue weighted by Crippen LogP contribution is 2.17. The highest BCUT2D eigenvalue weighted by Gasteiger charge is 2.19. The molecule has 0 amide bonds. The summed E-state index contributed by atoms with van der Waals surface area (Å²) in [4.78, 5) is 38.1. The Kier molecular flexibility index (Phi) is 52.7. The second kappa shape index (κ2) is 54.5. The molecule has 0 aliphatic rings. The molecule has 0 fully saturated rings. The van der Waals surface area contributed by atoms with E-state index < -0.39 is 6.10 Å². The molecule has 0 aliphatic heterocycles. The fourth-order valence-corrected chi connectivity index (χ4v) is 8.62. The maximum absolute atomic E-state index is 12.8. The normalized spacial score (nSPS) is 12.1. The predicted octanol–water partition coefficient (Wildman–Crippen LogP) is 19.1. The average Bonchev–Trinajstić information content (AvgIpc) is 3.30. The molecule has 0 saturated carbocycles. The number of carbonyl (C=O) groups excluding carboxylic acids is 3. The lowest BCUT2D eigenvalue weighted by Gasteiger charge is -2.18. The Hall–Kier alpha value is -2.11. The van der Waals surface area contributed by atoms with Gasteiger partial charge in [0.2, 0.25) is 0 Å². The van der Waals surface area contributed by atoms with Crippen LogP contribution in [0.4, 0.5) is 0 Å². The Balaban J connectivity index is 4.35. The van der Waals surface area contributed by atoms with Gasteiger partial charge >= 0.3 is 17.9 Å². The van der Waals surface area contributed by atoms with Crippen LogP contribution < -0.4 is 0 Å². The lowest BCUT2D eigenvalue weighted by Crippen LogP contribution is -2.30. The summed E-state index contributed by atoms with van der Waals surface area (Å²) >= 11 is 0. The summed E-state index contributed by atoms with van der Waals surface area (Å²) in [5.74, 6) is -0.932. The van der Waals surface area contributed by atoms with Gasteiger partial charge in [-0.25, -0.2) is 0 Å². The number of hydrogen-bond donors (Lipinski definition) is 0. The Labute approximate surface area is 404 Å². The molecule has 0 radical (unpaired) electrons. The van der Waals surface area contributed by atoms with Crippen LogP contribution in [-0.2, 0) is 28.6 Å². The third-order valence-electron chi connectivity index (χ3n) is 13.0. The molecule has 0 aromatic heterocycles. The summed E-state index contributed by atoms with van der Waals surface area (Å²) < 4.78 is 16.8. The minimum Gasteiger partial charge on any atom is -0.462 e. The second-order valence-corrected chi connectivity index (χ2v) is 19.6. The Bertz CT molecular complexity index is 1050. The van der Waals surface area contributed by atoms with E-state index in [9.17, 15) is 14.4 Å². The lowest BCUT2D eigenvalue weighted by molar-refractivity contribution is -0.166. The summed E-state index contributed by atoms with van der Waals surface area (Å²) in [6.45, 7) is 6.63. The number of ether oxygens (including phenoxy) is 3. The molecule has 6 heteroatoms. The number of allylic oxidation sites excluding steroid dienone is 4. The fraction of sp³-hybridized carbons (Fsp3) is 0.881. The van der Waals surface area contributed by atoms with Crippen LogP contribution in [0, 0.1) is 0 Å². The third-order valence-corrected chi connectivity index (χ3v) is 13.0. The van der Waals surface area contributed by atoms with Crippen molar-refractivity contribution in [2.24, 2.45) is 0 Å². The van der Waals surface area contributed by atoms with Crippen molar-refractivity contribution < 1.29 is 28.6 Å². The van der Waals surface area contributed by atoms with Gasteiger partial charge in [0.25, 0.3) is 0 Å². The van der Waals surface area contributed by atoms with Crippen LogP contribution in [0.15, 0.2) is 24.3 Å². The van der Waals surface area contributed by atoms with Crippen molar-refractivity contribution in [2.75, 3.05) is 13.2 Å². The van der Waals surface area contributed by atoms with Crippen LogP contribution in [0.2, 0.25) is 0 Å². The van der Waals surface area contributed by atoms with Crippen molar-refractivity contribution in [3.05, 3.63) is 24.3 Å². The van der Waals surface area contributed by atoms with Crippen molar-refractivity contribution in [3.63, 3.8) is 0 Å². The highest BCUT2D eigenvalue weighted by molar-refractivity contribution is 5.71. The molecular weight excluding hydrogens is 805 g/mol. The van der Waals surface area contributed by atoms with E-state index in [1.54, 1.807) is 0 Å². The smallest absolute Gasteiger partial charge is 0.306 e. The molecule has 0 bridgehead atoms. The van der Waals surface area contributed by atoms with Crippen molar-refractivity contribution in [1.29, 1.82) is 0 Å². The number of rotatable bonds is 53. The molecule has 0 N–H and O–H groups in total. The zero-order valence-electron chi connectivity index (χ0n) is 43.8. The van der Waals surface area contributed by atoms with E-state index in [4.69, 9.17) is 14.2 Å². The fourth-order valence-electron chi connectivity index (χ4n) is 8.62. The van der Waals surface area contributed by atoms with Gasteiger partial charge in [0, 0.05) is 19.3 Å². The Morgan fingerprint density at radius 2 is 0.585 bits per heavy atom. The van der Waals surface area contributed by atoms with Crippen LogP contribution >= 0.6 is 0 Å². The van der Waals surface area contributed by atoms with Crippen molar-refractivity contribution in [1.82, 2.24) is 0 Å². The molecule has 65 heavy (non-hydrogen) atoms. The standard InChI is InChI=1S/C59H110O6/c1-4-7-10-13-16-19-22-25-27-29-31-34-37-40-43-46-49-52-58(61)64-55-56(54-63-57(60)51-48-45-42-39-36-33-24-21-18-15-12-9-6-3)65-59(62)53-50-47-44-41-38-35-32-30-28-26-23-20-17-14-11-8-5-2/h33,36,42,45,56H,4-32,34-35,37-41,43-44,46-55H2,1-3H3/b36-33-,45-42-. The summed E-state index contributed by atoms with van der Waals surface area (Å²) in [7, 11) is 0. The molecule has 0 aromatic rings. The molecule has 1 atom stereocenters. The second-order valence-electron chi connectivity index (χ2n) is 19.6. The molecule has 382 valence electrons. The van der Waals surface area contributed by atoms with Gasteiger partial charge in [0.1, 0.15) is 13.2 Å². The molecule has 0 spiro atoms. The van der Waals surface area contributed by atoms with Crippen LogP contribution in [0.1, 0.15) is 316 Å². The monoisotopic (exact) mass is 915 g/mol. The molecule has 0 aromatic carbocycles. The minimum absolute atomic E-state index is 0.0825. The molecule has 6 nitrogen and oxygen atoms in total. The Morgan fingerprint density at radius 3 is 0.938 bits per heavy atom. The number of unbranched alkanes of at least 4 members (excludes halogenated alkanes) is 38.